The van der Waals surface area contributed by atoms with Crippen LogP contribution >= 0.6 is 0 Å². The van der Waals surface area contributed by atoms with Gasteiger partial charge in [-0.1, -0.05) is 0 Å². The van der Waals surface area contributed by atoms with Crippen LogP contribution in [0.15, 0.2) is 27.8 Å². The molecule has 1 N–H and O–H groups in total. The van der Waals surface area contributed by atoms with E-state index >= 15 is 0 Å². The molecule has 2 aromatic rings. The van der Waals surface area contributed by atoms with Crippen molar-refractivity contribution in [2.24, 2.45) is 0 Å². The van der Waals surface area contributed by atoms with Gasteiger partial charge in [-0.25, -0.2) is 4.79 Å². The monoisotopic (exact) mass is 234 g/mol. The van der Waals surface area contributed by atoms with Crippen molar-refractivity contribution in [3.63, 3.8) is 0 Å². The van der Waals surface area contributed by atoms with Crippen LogP contribution in [0.1, 0.15) is 19.9 Å². The van der Waals surface area contributed by atoms with E-state index in [-0.39, 0.29) is 11.6 Å². The molecule has 1 aromatic heterocycles. The molecule has 0 unspecified atom stereocenters. The molecule has 5 heteroatoms. The summed E-state index contributed by atoms with van der Waals surface area (Å²) in [5.74, 6) is 0.606. The molecule has 0 saturated heterocycles. The third-order valence-corrected chi connectivity index (χ3v) is 2.65. The van der Waals surface area contributed by atoms with Gasteiger partial charge in [0.25, 0.3) is 5.56 Å². The Bertz CT molecular complexity index is 667. The third-order valence-electron chi connectivity index (χ3n) is 2.65. The van der Waals surface area contributed by atoms with E-state index in [9.17, 15) is 9.59 Å². The van der Waals surface area contributed by atoms with Gasteiger partial charge in [0, 0.05) is 12.1 Å². The van der Waals surface area contributed by atoms with E-state index in [1.54, 1.807) is 32.0 Å². The summed E-state index contributed by atoms with van der Waals surface area (Å²) >= 11 is 0. The van der Waals surface area contributed by atoms with Gasteiger partial charge in [-0.05, 0) is 26.0 Å². The Hall–Kier alpha value is -2.04. The zero-order valence-corrected chi connectivity index (χ0v) is 9.98. The molecular weight excluding hydrogens is 220 g/mol. The second-order valence-electron chi connectivity index (χ2n) is 4.11. The lowest BCUT2D eigenvalue weighted by molar-refractivity contribution is 0.415. The van der Waals surface area contributed by atoms with Crippen molar-refractivity contribution in [3.05, 3.63) is 39.0 Å². The molecule has 0 amide bonds. The first kappa shape index (κ1) is 11.4. The maximum atomic E-state index is 12.1. The number of aromatic amines is 1. The Balaban J connectivity index is 2.86. The SMILES string of the molecule is COc1ccc2c(=O)n(C(C)C)c(=O)[nH]c2c1. The van der Waals surface area contributed by atoms with Gasteiger partial charge in [0.15, 0.2) is 0 Å². The molecule has 0 saturated carbocycles. The fourth-order valence-corrected chi connectivity index (χ4v) is 1.81. The zero-order chi connectivity index (χ0) is 12.6. The summed E-state index contributed by atoms with van der Waals surface area (Å²) in [5.41, 5.74) is -0.177. The molecule has 90 valence electrons. The van der Waals surface area contributed by atoms with E-state index in [0.717, 1.165) is 0 Å². The molecule has 0 aliphatic heterocycles. The average molecular weight is 234 g/mol. The number of benzene rings is 1. The number of nitrogens with zero attached hydrogens (tertiary/aromatic N) is 1. The van der Waals surface area contributed by atoms with Crippen LogP contribution in [-0.2, 0) is 0 Å². The fourth-order valence-electron chi connectivity index (χ4n) is 1.81. The molecule has 0 aliphatic carbocycles. The van der Waals surface area contributed by atoms with Crippen LogP contribution in [0.3, 0.4) is 0 Å². The Morgan fingerprint density at radius 2 is 2.00 bits per heavy atom. The Morgan fingerprint density at radius 1 is 1.29 bits per heavy atom. The summed E-state index contributed by atoms with van der Waals surface area (Å²) in [6.07, 6.45) is 0. The minimum Gasteiger partial charge on any atom is -0.497 e. The predicted octanol–water partition coefficient (Wildman–Crippen LogP) is 1.28. The molecule has 0 fully saturated rings. The van der Waals surface area contributed by atoms with Gasteiger partial charge in [-0.3, -0.25) is 9.36 Å². The van der Waals surface area contributed by atoms with Gasteiger partial charge in [0.2, 0.25) is 0 Å². The maximum Gasteiger partial charge on any atom is 0.329 e. The van der Waals surface area contributed by atoms with E-state index < -0.39 is 5.69 Å². The molecule has 0 spiro atoms. The summed E-state index contributed by atoms with van der Waals surface area (Å²) in [6.45, 7) is 3.60. The number of H-pyrrole nitrogens is 1. The highest BCUT2D eigenvalue weighted by Crippen LogP contribution is 2.15. The maximum absolute atomic E-state index is 12.1. The number of hydrogen-bond donors (Lipinski definition) is 1. The van der Waals surface area contributed by atoms with Crippen molar-refractivity contribution in [1.29, 1.82) is 0 Å². The Kier molecular flexibility index (Phi) is 2.75. The molecule has 0 radical (unpaired) electrons. The van der Waals surface area contributed by atoms with Crippen LogP contribution in [0.25, 0.3) is 10.9 Å². The van der Waals surface area contributed by atoms with Crippen LogP contribution in [0.4, 0.5) is 0 Å². The molecule has 0 bridgehead atoms. The van der Waals surface area contributed by atoms with Crippen molar-refractivity contribution in [2.75, 3.05) is 7.11 Å². The highest BCUT2D eigenvalue weighted by molar-refractivity contribution is 5.78. The molecule has 0 aliphatic rings. The lowest BCUT2D eigenvalue weighted by Gasteiger charge is -2.09. The van der Waals surface area contributed by atoms with Crippen molar-refractivity contribution < 1.29 is 4.74 Å². The summed E-state index contributed by atoms with van der Waals surface area (Å²) < 4.78 is 6.25. The molecular formula is C12H14N2O3. The molecule has 2 rings (SSSR count). The van der Waals surface area contributed by atoms with Crippen LogP contribution in [0, 0.1) is 0 Å². The van der Waals surface area contributed by atoms with E-state index in [1.807, 2.05) is 0 Å². The lowest BCUT2D eigenvalue weighted by atomic mass is 10.2. The molecule has 5 nitrogen and oxygen atoms in total. The molecule has 1 aromatic carbocycles. The normalized spacial score (nSPS) is 11.1. The van der Waals surface area contributed by atoms with E-state index in [0.29, 0.717) is 16.7 Å². The lowest BCUT2D eigenvalue weighted by Crippen LogP contribution is -2.36. The van der Waals surface area contributed by atoms with Crippen LogP contribution in [0.5, 0.6) is 5.75 Å². The number of ether oxygens (including phenoxy) is 1. The minimum absolute atomic E-state index is 0.169. The van der Waals surface area contributed by atoms with Gasteiger partial charge in [0.1, 0.15) is 5.75 Å². The summed E-state index contributed by atoms with van der Waals surface area (Å²) in [6, 6.07) is 4.83. The van der Waals surface area contributed by atoms with Crippen molar-refractivity contribution in [2.45, 2.75) is 19.9 Å². The highest BCUT2D eigenvalue weighted by atomic mass is 16.5. The number of rotatable bonds is 2. The molecule has 1 heterocycles. The number of nitrogens with one attached hydrogen (secondary N) is 1. The minimum atomic E-state index is -0.397. The number of methoxy groups -OCH3 is 1. The van der Waals surface area contributed by atoms with Crippen LogP contribution in [0.2, 0.25) is 0 Å². The van der Waals surface area contributed by atoms with Gasteiger partial charge >= 0.3 is 5.69 Å². The summed E-state index contributed by atoms with van der Waals surface area (Å²) in [7, 11) is 1.54. The van der Waals surface area contributed by atoms with Gasteiger partial charge in [-0.15, -0.1) is 0 Å². The quantitative estimate of drug-likeness (QED) is 0.851. The van der Waals surface area contributed by atoms with E-state index in [2.05, 4.69) is 4.98 Å². The van der Waals surface area contributed by atoms with E-state index in [1.165, 1.54) is 11.7 Å². The summed E-state index contributed by atoms with van der Waals surface area (Å²) in [5, 5.41) is 0.485. The van der Waals surface area contributed by atoms with Gasteiger partial charge < -0.3 is 9.72 Å². The summed E-state index contributed by atoms with van der Waals surface area (Å²) in [4.78, 5) is 26.5. The Morgan fingerprint density at radius 3 is 2.59 bits per heavy atom. The first-order chi connectivity index (χ1) is 8.04. The molecule has 0 atom stereocenters. The standard InChI is InChI=1S/C12H14N2O3/c1-7(2)14-11(15)9-5-4-8(17-3)6-10(9)13-12(14)16/h4-7H,1-3H3,(H,13,16). The third kappa shape index (κ3) is 1.84. The molecule has 17 heavy (non-hydrogen) atoms. The first-order valence-electron chi connectivity index (χ1n) is 5.37. The highest BCUT2D eigenvalue weighted by Gasteiger charge is 2.10. The topological polar surface area (TPSA) is 64.1 Å². The number of fused-ring (bicyclic) bond motifs is 1. The van der Waals surface area contributed by atoms with Gasteiger partial charge in [0.05, 0.1) is 18.0 Å². The second-order valence-corrected chi connectivity index (χ2v) is 4.11. The Labute approximate surface area is 97.7 Å². The van der Waals surface area contributed by atoms with Crippen molar-refractivity contribution in [3.8, 4) is 5.75 Å². The number of aromatic nitrogens is 2. The average Bonchev–Trinajstić information content (AvgIpc) is 2.27. The van der Waals surface area contributed by atoms with Crippen molar-refractivity contribution >= 4 is 10.9 Å². The predicted molar refractivity (Wildman–Crippen MR) is 65.8 cm³/mol. The van der Waals surface area contributed by atoms with Crippen molar-refractivity contribution in [1.82, 2.24) is 9.55 Å². The smallest absolute Gasteiger partial charge is 0.329 e. The fraction of sp³-hybridized carbons (Fsp3) is 0.333. The van der Waals surface area contributed by atoms with E-state index in [4.69, 9.17) is 4.74 Å². The van der Waals surface area contributed by atoms with Crippen LogP contribution in [-0.4, -0.2) is 16.7 Å². The number of hydrogen-bond acceptors (Lipinski definition) is 3. The largest absolute Gasteiger partial charge is 0.497 e. The second kappa shape index (κ2) is 4.08. The van der Waals surface area contributed by atoms with Gasteiger partial charge in [-0.2, -0.15) is 0 Å². The zero-order valence-electron chi connectivity index (χ0n) is 9.98. The van der Waals surface area contributed by atoms with Crippen LogP contribution < -0.4 is 16.0 Å². The first-order valence-corrected chi connectivity index (χ1v) is 5.37.